The molecule has 6 nitrogen and oxygen atoms in total. The van der Waals surface area contributed by atoms with Gasteiger partial charge in [-0.15, -0.1) is 26.9 Å². The van der Waals surface area contributed by atoms with Gasteiger partial charge in [0.1, 0.15) is 12.4 Å². The Balaban J connectivity index is 2.11. The van der Waals surface area contributed by atoms with Crippen molar-refractivity contribution in [1.82, 2.24) is 29.8 Å². The molecule has 0 unspecified atom stereocenters. The fourth-order valence-corrected chi connectivity index (χ4v) is 1.55. The van der Waals surface area contributed by atoms with Crippen molar-refractivity contribution in [2.24, 2.45) is 7.05 Å². The van der Waals surface area contributed by atoms with E-state index in [1.54, 1.807) is 4.68 Å². The predicted octanol–water partition coefficient (Wildman–Crippen LogP) is 0.545. The minimum atomic E-state index is 0.557. The Morgan fingerprint density at radius 2 is 2.12 bits per heavy atom. The maximum atomic E-state index is 5.63. The zero-order valence-corrected chi connectivity index (χ0v) is 10.0. The molecule has 2 rings (SSSR count). The van der Waals surface area contributed by atoms with Gasteiger partial charge >= 0.3 is 0 Å². The quantitative estimate of drug-likeness (QED) is 0.732. The zero-order chi connectivity index (χ0) is 11.5. The molecule has 0 N–H and O–H groups in total. The fraction of sp³-hybridized carbons (Fsp3) is 0.556. The highest BCUT2D eigenvalue weighted by Gasteiger charge is 2.07. The van der Waals surface area contributed by atoms with Crippen molar-refractivity contribution in [2.75, 3.05) is 5.88 Å². The molecule has 0 atom stereocenters. The van der Waals surface area contributed by atoms with E-state index in [0.717, 1.165) is 23.8 Å². The third kappa shape index (κ3) is 2.21. The molecular formula is C9H13ClN6. The average molecular weight is 241 g/mol. The maximum absolute atomic E-state index is 5.63. The lowest BCUT2D eigenvalue weighted by Crippen LogP contribution is -2.07. The van der Waals surface area contributed by atoms with Crippen LogP contribution in [0.4, 0.5) is 0 Å². The number of aryl methyl sites for hydroxylation is 2. The van der Waals surface area contributed by atoms with Crippen LogP contribution in [0.25, 0.3) is 0 Å². The molecule has 0 aliphatic rings. The maximum Gasteiger partial charge on any atom is 0.154 e. The van der Waals surface area contributed by atoms with Gasteiger partial charge < -0.3 is 4.57 Å². The first-order valence-corrected chi connectivity index (χ1v) is 5.54. The lowest BCUT2D eigenvalue weighted by atomic mass is 10.4. The molecule has 2 aromatic rings. The van der Waals surface area contributed by atoms with E-state index < -0.39 is 0 Å². The monoisotopic (exact) mass is 240 g/mol. The van der Waals surface area contributed by atoms with Crippen LogP contribution in [0.1, 0.15) is 17.3 Å². The molecule has 0 aromatic carbocycles. The summed E-state index contributed by atoms with van der Waals surface area (Å²) in [5.74, 6) is 2.30. The van der Waals surface area contributed by atoms with E-state index in [2.05, 4.69) is 20.5 Å². The normalized spacial score (nSPS) is 10.9. The van der Waals surface area contributed by atoms with Crippen LogP contribution in [0.15, 0.2) is 6.20 Å². The number of halogens is 1. The van der Waals surface area contributed by atoms with Gasteiger partial charge in [0.2, 0.25) is 0 Å². The highest BCUT2D eigenvalue weighted by atomic mass is 35.5. The molecule has 16 heavy (non-hydrogen) atoms. The van der Waals surface area contributed by atoms with Crippen LogP contribution in [0.5, 0.6) is 0 Å². The molecule has 0 aliphatic heterocycles. The summed E-state index contributed by atoms with van der Waals surface area (Å²) in [6, 6.07) is 0. The van der Waals surface area contributed by atoms with Gasteiger partial charge in [-0.25, -0.2) is 4.68 Å². The highest BCUT2D eigenvalue weighted by Crippen LogP contribution is 2.02. The lowest BCUT2D eigenvalue weighted by molar-refractivity contribution is 0.603. The van der Waals surface area contributed by atoms with Crippen LogP contribution in [-0.2, 0) is 20.0 Å². The summed E-state index contributed by atoms with van der Waals surface area (Å²) >= 11 is 5.63. The number of nitrogens with zero attached hydrogens (tertiary/aromatic N) is 6. The molecule has 2 aromatic heterocycles. The van der Waals surface area contributed by atoms with Crippen LogP contribution in [-0.4, -0.2) is 35.6 Å². The second kappa shape index (κ2) is 4.61. The number of hydrogen-bond donors (Lipinski definition) is 0. The van der Waals surface area contributed by atoms with Crippen molar-refractivity contribution in [2.45, 2.75) is 19.9 Å². The van der Waals surface area contributed by atoms with E-state index in [-0.39, 0.29) is 0 Å². The van der Waals surface area contributed by atoms with Gasteiger partial charge in [-0.05, 0) is 6.92 Å². The second-order valence-electron chi connectivity index (χ2n) is 3.57. The molecule has 0 fully saturated rings. The van der Waals surface area contributed by atoms with Gasteiger partial charge in [-0.3, -0.25) is 0 Å². The SMILES string of the molecule is Cc1nnc(Cn2cc(CCCl)nn2)n1C. The molecule has 2 heterocycles. The van der Waals surface area contributed by atoms with E-state index in [1.807, 2.05) is 24.7 Å². The largest absolute Gasteiger partial charge is 0.317 e. The number of hydrogen-bond acceptors (Lipinski definition) is 4. The molecule has 0 saturated carbocycles. The molecular weight excluding hydrogens is 228 g/mol. The standard InChI is InChI=1S/C9H13ClN6/c1-7-11-13-9(15(7)2)6-16-5-8(3-4-10)12-14-16/h5H,3-4,6H2,1-2H3. The van der Waals surface area contributed by atoms with Gasteiger partial charge in [0, 0.05) is 25.5 Å². The zero-order valence-electron chi connectivity index (χ0n) is 9.26. The molecule has 0 spiro atoms. The van der Waals surface area contributed by atoms with Crippen LogP contribution in [0.2, 0.25) is 0 Å². The third-order valence-corrected chi connectivity index (χ3v) is 2.61. The van der Waals surface area contributed by atoms with E-state index in [1.165, 1.54) is 0 Å². The van der Waals surface area contributed by atoms with Gasteiger partial charge in [0.05, 0.1) is 5.69 Å². The van der Waals surface area contributed by atoms with E-state index in [9.17, 15) is 0 Å². The van der Waals surface area contributed by atoms with Crippen LogP contribution >= 0.6 is 11.6 Å². The Kier molecular flexibility index (Phi) is 3.19. The smallest absolute Gasteiger partial charge is 0.154 e. The minimum absolute atomic E-state index is 0.557. The Morgan fingerprint density at radius 1 is 1.31 bits per heavy atom. The molecule has 0 bridgehead atoms. The molecule has 0 saturated heterocycles. The molecule has 0 aliphatic carbocycles. The van der Waals surface area contributed by atoms with Crippen molar-refractivity contribution in [3.8, 4) is 0 Å². The summed E-state index contributed by atoms with van der Waals surface area (Å²) in [4.78, 5) is 0. The lowest BCUT2D eigenvalue weighted by Gasteiger charge is -2.00. The summed E-state index contributed by atoms with van der Waals surface area (Å²) in [6.45, 7) is 2.49. The first-order valence-electron chi connectivity index (χ1n) is 5.00. The van der Waals surface area contributed by atoms with Crippen LogP contribution < -0.4 is 0 Å². The van der Waals surface area contributed by atoms with Crippen LogP contribution in [0.3, 0.4) is 0 Å². The Bertz CT molecular complexity index is 474. The van der Waals surface area contributed by atoms with Gasteiger partial charge in [-0.2, -0.15) is 0 Å². The van der Waals surface area contributed by atoms with Crippen molar-refractivity contribution < 1.29 is 0 Å². The topological polar surface area (TPSA) is 61.4 Å². The van der Waals surface area contributed by atoms with Crippen molar-refractivity contribution in [1.29, 1.82) is 0 Å². The molecule has 0 amide bonds. The van der Waals surface area contributed by atoms with E-state index in [0.29, 0.717) is 12.4 Å². The Hall–Kier alpha value is -1.43. The molecule has 86 valence electrons. The first kappa shape index (κ1) is 11.1. The summed E-state index contributed by atoms with van der Waals surface area (Å²) in [5.41, 5.74) is 0.897. The summed E-state index contributed by atoms with van der Waals surface area (Å²) < 4.78 is 3.67. The minimum Gasteiger partial charge on any atom is -0.317 e. The van der Waals surface area contributed by atoms with Gasteiger partial charge in [0.15, 0.2) is 5.82 Å². The first-order chi connectivity index (χ1) is 7.70. The van der Waals surface area contributed by atoms with Gasteiger partial charge in [0.25, 0.3) is 0 Å². The highest BCUT2D eigenvalue weighted by molar-refractivity contribution is 6.17. The summed E-state index contributed by atoms with van der Waals surface area (Å²) in [5, 5.41) is 16.1. The molecule has 7 heteroatoms. The summed E-state index contributed by atoms with van der Waals surface area (Å²) in [6.07, 6.45) is 2.62. The van der Waals surface area contributed by atoms with Crippen molar-refractivity contribution >= 4 is 11.6 Å². The number of aromatic nitrogens is 6. The van der Waals surface area contributed by atoms with Crippen molar-refractivity contribution in [3.63, 3.8) is 0 Å². The Labute approximate surface area is 98.2 Å². The second-order valence-corrected chi connectivity index (χ2v) is 3.95. The Morgan fingerprint density at radius 3 is 2.75 bits per heavy atom. The van der Waals surface area contributed by atoms with Crippen molar-refractivity contribution in [3.05, 3.63) is 23.5 Å². The third-order valence-electron chi connectivity index (χ3n) is 2.42. The average Bonchev–Trinajstić information content (AvgIpc) is 2.82. The fourth-order valence-electron chi connectivity index (χ4n) is 1.36. The predicted molar refractivity (Wildman–Crippen MR) is 59.3 cm³/mol. The number of alkyl halides is 1. The van der Waals surface area contributed by atoms with Crippen LogP contribution in [0, 0.1) is 6.92 Å². The van der Waals surface area contributed by atoms with E-state index >= 15 is 0 Å². The summed E-state index contributed by atoms with van der Waals surface area (Å²) in [7, 11) is 1.93. The molecule has 0 radical (unpaired) electrons. The van der Waals surface area contributed by atoms with Gasteiger partial charge in [-0.1, -0.05) is 5.21 Å². The number of rotatable bonds is 4. The van der Waals surface area contributed by atoms with E-state index in [4.69, 9.17) is 11.6 Å².